The van der Waals surface area contributed by atoms with Gasteiger partial charge in [0.15, 0.2) is 0 Å². The summed E-state index contributed by atoms with van der Waals surface area (Å²) in [5.74, 6) is -1.03. The molecule has 6 heteroatoms. The predicted octanol–water partition coefficient (Wildman–Crippen LogP) is -1.63. The van der Waals surface area contributed by atoms with E-state index >= 15 is 0 Å². The number of carbonyl (C=O) groups excluding carboxylic acids is 3. The molecular formula is C8H15N3O3. The van der Waals surface area contributed by atoms with Crippen LogP contribution in [0.3, 0.4) is 0 Å². The molecular weight excluding hydrogens is 186 g/mol. The normalized spacial score (nSPS) is 11.4. The summed E-state index contributed by atoms with van der Waals surface area (Å²) in [5.41, 5.74) is 0. The second-order valence-electron chi connectivity index (χ2n) is 2.74. The maximum Gasteiger partial charge on any atom is 0.242 e. The largest absolute Gasteiger partial charge is 0.359 e. The molecule has 80 valence electrons. The van der Waals surface area contributed by atoms with Crippen LogP contribution in [0.2, 0.25) is 0 Å². The van der Waals surface area contributed by atoms with E-state index < -0.39 is 6.04 Å². The lowest BCUT2D eigenvalue weighted by Crippen LogP contribution is -2.47. The second kappa shape index (κ2) is 5.95. The van der Waals surface area contributed by atoms with E-state index in [0.717, 1.165) is 0 Å². The maximum absolute atomic E-state index is 11.2. The van der Waals surface area contributed by atoms with Gasteiger partial charge < -0.3 is 16.0 Å². The predicted molar refractivity (Wildman–Crippen MR) is 50.4 cm³/mol. The lowest BCUT2D eigenvalue weighted by molar-refractivity contribution is -0.130. The van der Waals surface area contributed by atoms with Crippen molar-refractivity contribution < 1.29 is 14.4 Å². The number of carbonyl (C=O) groups is 3. The van der Waals surface area contributed by atoms with E-state index in [1.165, 1.54) is 21.0 Å². The number of hydrogen-bond donors (Lipinski definition) is 3. The van der Waals surface area contributed by atoms with Gasteiger partial charge in [-0.05, 0) is 0 Å². The lowest BCUT2D eigenvalue weighted by atomic mass is 10.2. The van der Waals surface area contributed by atoms with Crippen LogP contribution in [0.5, 0.6) is 0 Å². The molecule has 0 bridgehead atoms. The molecule has 0 rings (SSSR count). The molecule has 0 radical (unpaired) electrons. The van der Waals surface area contributed by atoms with Gasteiger partial charge in [-0.1, -0.05) is 0 Å². The van der Waals surface area contributed by atoms with Crippen LogP contribution in [0, 0.1) is 0 Å². The van der Waals surface area contributed by atoms with Gasteiger partial charge in [0.25, 0.3) is 0 Å². The molecule has 0 saturated heterocycles. The molecule has 1 atom stereocenters. The minimum Gasteiger partial charge on any atom is -0.359 e. The quantitative estimate of drug-likeness (QED) is 0.510. The summed E-state index contributed by atoms with van der Waals surface area (Å²) >= 11 is 0. The van der Waals surface area contributed by atoms with E-state index in [-0.39, 0.29) is 24.1 Å². The highest BCUT2D eigenvalue weighted by molar-refractivity contribution is 5.91. The molecule has 3 amide bonds. The lowest BCUT2D eigenvalue weighted by Gasteiger charge is -2.14. The highest BCUT2D eigenvalue weighted by Gasteiger charge is 2.20. The highest BCUT2D eigenvalue weighted by Crippen LogP contribution is 1.92. The fraction of sp³-hybridized carbons (Fsp3) is 0.625. The number of rotatable bonds is 4. The van der Waals surface area contributed by atoms with E-state index in [4.69, 9.17) is 0 Å². The van der Waals surface area contributed by atoms with Crippen molar-refractivity contribution in [2.24, 2.45) is 0 Å². The Morgan fingerprint density at radius 1 is 1.14 bits per heavy atom. The van der Waals surface area contributed by atoms with Crippen molar-refractivity contribution in [2.75, 3.05) is 14.1 Å². The summed E-state index contributed by atoms with van der Waals surface area (Å²) in [4.78, 5) is 32.9. The van der Waals surface area contributed by atoms with Crippen LogP contribution in [0.4, 0.5) is 0 Å². The Bertz CT molecular complexity index is 240. The Kier molecular flexibility index (Phi) is 5.28. The van der Waals surface area contributed by atoms with Gasteiger partial charge in [-0.15, -0.1) is 0 Å². The van der Waals surface area contributed by atoms with Gasteiger partial charge in [0.05, 0.1) is 6.42 Å². The van der Waals surface area contributed by atoms with Crippen LogP contribution in [-0.4, -0.2) is 37.9 Å². The Hall–Kier alpha value is -1.59. The van der Waals surface area contributed by atoms with Crippen LogP contribution in [0.15, 0.2) is 0 Å². The summed E-state index contributed by atoms with van der Waals surface area (Å²) in [7, 11) is 2.91. The maximum atomic E-state index is 11.2. The molecule has 0 aromatic heterocycles. The Balaban J connectivity index is 4.31. The van der Waals surface area contributed by atoms with E-state index in [1.807, 2.05) is 0 Å². The minimum absolute atomic E-state index is 0.0598. The third-order valence-electron chi connectivity index (χ3n) is 1.61. The van der Waals surface area contributed by atoms with E-state index in [9.17, 15) is 14.4 Å². The van der Waals surface area contributed by atoms with Crippen LogP contribution in [-0.2, 0) is 14.4 Å². The molecule has 6 nitrogen and oxygen atoms in total. The van der Waals surface area contributed by atoms with Crippen LogP contribution < -0.4 is 16.0 Å². The fourth-order valence-corrected chi connectivity index (χ4v) is 0.916. The van der Waals surface area contributed by atoms with Crippen LogP contribution in [0.1, 0.15) is 13.3 Å². The van der Waals surface area contributed by atoms with Crippen molar-refractivity contribution in [3.05, 3.63) is 0 Å². The van der Waals surface area contributed by atoms with Crippen molar-refractivity contribution in [2.45, 2.75) is 19.4 Å². The Morgan fingerprint density at radius 2 is 1.71 bits per heavy atom. The fourth-order valence-electron chi connectivity index (χ4n) is 0.916. The number of hydrogen-bond acceptors (Lipinski definition) is 3. The van der Waals surface area contributed by atoms with Crippen molar-refractivity contribution in [1.82, 2.24) is 16.0 Å². The molecule has 0 aliphatic heterocycles. The van der Waals surface area contributed by atoms with Gasteiger partial charge in [-0.3, -0.25) is 14.4 Å². The van der Waals surface area contributed by atoms with Gasteiger partial charge in [-0.2, -0.15) is 0 Å². The molecule has 0 aliphatic carbocycles. The standard InChI is InChI=1S/C8H15N3O3/c1-5(12)11-6(8(14)10-3)4-7(13)9-2/h6H,4H2,1-3H3,(H,9,13)(H,10,14)(H,11,12). The number of likely N-dealkylation sites (N-methyl/N-ethyl adjacent to an activating group) is 1. The average Bonchev–Trinajstić information content (AvgIpc) is 2.14. The molecule has 3 N–H and O–H groups in total. The van der Waals surface area contributed by atoms with Gasteiger partial charge in [0, 0.05) is 21.0 Å². The average molecular weight is 201 g/mol. The third-order valence-corrected chi connectivity index (χ3v) is 1.61. The monoisotopic (exact) mass is 201 g/mol. The first-order chi connectivity index (χ1) is 6.51. The molecule has 0 heterocycles. The van der Waals surface area contributed by atoms with E-state index in [0.29, 0.717) is 0 Å². The zero-order chi connectivity index (χ0) is 11.1. The van der Waals surface area contributed by atoms with Gasteiger partial charge in [0.2, 0.25) is 17.7 Å². The topological polar surface area (TPSA) is 87.3 Å². The first-order valence-corrected chi connectivity index (χ1v) is 4.20. The van der Waals surface area contributed by atoms with Crippen molar-refractivity contribution in [3.63, 3.8) is 0 Å². The van der Waals surface area contributed by atoms with Gasteiger partial charge in [-0.25, -0.2) is 0 Å². The zero-order valence-electron chi connectivity index (χ0n) is 8.51. The Labute approximate surface area is 82.4 Å². The minimum atomic E-state index is -0.808. The smallest absolute Gasteiger partial charge is 0.242 e. The number of nitrogens with one attached hydrogen (secondary N) is 3. The highest BCUT2D eigenvalue weighted by atomic mass is 16.2. The van der Waals surface area contributed by atoms with Crippen LogP contribution in [0.25, 0.3) is 0 Å². The zero-order valence-corrected chi connectivity index (χ0v) is 8.51. The molecule has 0 saturated carbocycles. The number of amides is 3. The first-order valence-electron chi connectivity index (χ1n) is 4.20. The van der Waals surface area contributed by atoms with Crippen molar-refractivity contribution in [3.8, 4) is 0 Å². The van der Waals surface area contributed by atoms with E-state index in [1.54, 1.807) is 0 Å². The Morgan fingerprint density at radius 3 is 2.07 bits per heavy atom. The molecule has 0 aliphatic rings. The van der Waals surface area contributed by atoms with Gasteiger partial charge >= 0.3 is 0 Å². The first kappa shape index (κ1) is 12.4. The molecule has 1 unspecified atom stereocenters. The summed E-state index contributed by atoms with van der Waals surface area (Å²) in [6, 6.07) is -0.808. The molecule has 0 fully saturated rings. The molecule has 0 aromatic carbocycles. The summed E-state index contributed by atoms with van der Waals surface area (Å²) in [6.07, 6.45) is -0.0598. The summed E-state index contributed by atoms with van der Waals surface area (Å²) in [6.45, 7) is 1.29. The van der Waals surface area contributed by atoms with Crippen molar-refractivity contribution >= 4 is 17.7 Å². The summed E-state index contributed by atoms with van der Waals surface area (Å²) in [5, 5.41) is 7.13. The summed E-state index contributed by atoms with van der Waals surface area (Å²) < 4.78 is 0. The van der Waals surface area contributed by atoms with Crippen molar-refractivity contribution in [1.29, 1.82) is 0 Å². The van der Waals surface area contributed by atoms with E-state index in [2.05, 4.69) is 16.0 Å². The third kappa shape index (κ3) is 4.44. The molecule has 0 aromatic rings. The van der Waals surface area contributed by atoms with Gasteiger partial charge in [0.1, 0.15) is 6.04 Å². The molecule has 0 spiro atoms. The van der Waals surface area contributed by atoms with Crippen LogP contribution >= 0.6 is 0 Å². The molecule has 14 heavy (non-hydrogen) atoms. The SMILES string of the molecule is CNC(=O)CC(NC(C)=O)C(=O)NC. The second-order valence-corrected chi connectivity index (χ2v) is 2.74.